The Morgan fingerprint density at radius 2 is 1.76 bits per heavy atom. The predicted octanol–water partition coefficient (Wildman–Crippen LogP) is -0.309. The summed E-state index contributed by atoms with van der Waals surface area (Å²) >= 11 is 0. The van der Waals surface area contributed by atoms with Crippen LogP contribution in [0, 0.1) is 0 Å². The molecule has 0 amide bonds. The van der Waals surface area contributed by atoms with Gasteiger partial charge in [-0.15, -0.1) is 0 Å². The van der Waals surface area contributed by atoms with Crippen molar-refractivity contribution in [1.29, 1.82) is 0 Å². The van der Waals surface area contributed by atoms with Crippen molar-refractivity contribution in [2.75, 3.05) is 0 Å². The number of carbonyl (C=O) groups is 2. The Labute approximate surface area is 98.6 Å². The highest BCUT2D eigenvalue weighted by molar-refractivity contribution is 5.62. The summed E-state index contributed by atoms with van der Waals surface area (Å²) in [6.45, 7) is 0.118. The van der Waals surface area contributed by atoms with Crippen molar-refractivity contribution in [3.63, 3.8) is 0 Å². The summed E-state index contributed by atoms with van der Waals surface area (Å²) in [5.41, 5.74) is 0.826. The summed E-state index contributed by atoms with van der Waals surface area (Å²) in [5, 5.41) is 18.5. The second-order valence-electron chi connectivity index (χ2n) is 3.51. The molecule has 0 saturated carbocycles. The van der Waals surface area contributed by atoms with Gasteiger partial charge in [0, 0.05) is 0 Å². The molecule has 0 aliphatic carbocycles. The highest BCUT2D eigenvalue weighted by atomic mass is 16.5. The Kier molecular flexibility index (Phi) is 5.48. The van der Waals surface area contributed by atoms with Crippen LogP contribution in [0.3, 0.4) is 0 Å². The number of ether oxygens (including phenoxy) is 1. The minimum Gasteiger partial charge on any atom is -0.387 e. The van der Waals surface area contributed by atoms with E-state index in [2.05, 4.69) is 0 Å². The average Bonchev–Trinajstić information content (AvgIpc) is 2.39. The van der Waals surface area contributed by atoms with Crippen molar-refractivity contribution >= 4 is 12.6 Å². The van der Waals surface area contributed by atoms with E-state index < -0.39 is 18.3 Å². The molecule has 17 heavy (non-hydrogen) atoms. The van der Waals surface area contributed by atoms with Crippen LogP contribution >= 0.6 is 0 Å². The normalized spacial score (nSPS) is 15.9. The Morgan fingerprint density at radius 1 is 1.12 bits per heavy atom. The van der Waals surface area contributed by atoms with E-state index in [4.69, 9.17) is 9.84 Å². The summed E-state index contributed by atoms with van der Waals surface area (Å²) in [4.78, 5) is 20.9. The predicted molar refractivity (Wildman–Crippen MR) is 59.2 cm³/mol. The maximum absolute atomic E-state index is 10.7. The molecule has 1 aromatic carbocycles. The van der Waals surface area contributed by atoms with E-state index in [0.717, 1.165) is 5.56 Å². The van der Waals surface area contributed by atoms with Crippen molar-refractivity contribution in [3.05, 3.63) is 35.9 Å². The quantitative estimate of drug-likeness (QED) is 0.637. The molecule has 1 aromatic rings. The molecule has 5 nitrogen and oxygen atoms in total. The maximum atomic E-state index is 10.7. The number of benzene rings is 1. The van der Waals surface area contributed by atoms with Crippen LogP contribution in [-0.2, 0) is 20.9 Å². The van der Waals surface area contributed by atoms with Gasteiger partial charge >= 0.3 is 0 Å². The highest BCUT2D eigenvalue weighted by Gasteiger charge is 2.26. The summed E-state index contributed by atoms with van der Waals surface area (Å²) in [5.74, 6) is 0. The summed E-state index contributed by atoms with van der Waals surface area (Å²) in [6.07, 6.45) is -3.88. The van der Waals surface area contributed by atoms with E-state index in [9.17, 15) is 14.7 Å². The number of hydrogen-bond donors (Lipinski definition) is 2. The van der Waals surface area contributed by atoms with Crippen molar-refractivity contribution in [2.45, 2.75) is 24.9 Å². The lowest BCUT2D eigenvalue weighted by Crippen LogP contribution is -2.40. The monoisotopic (exact) mass is 238 g/mol. The number of aliphatic hydroxyl groups is 2. The standard InChI is InChI=1S/C12H14O5/c13-6-10(15)12(16)11(7-14)17-8-9-4-2-1-3-5-9/h1-7,10-12,15-16H,8H2/t10-,11+,12+/m0/s1. The number of aldehydes is 2. The zero-order valence-electron chi connectivity index (χ0n) is 9.10. The lowest BCUT2D eigenvalue weighted by Gasteiger charge is -2.19. The van der Waals surface area contributed by atoms with Crippen LogP contribution in [0.4, 0.5) is 0 Å². The first-order valence-electron chi connectivity index (χ1n) is 5.11. The Balaban J connectivity index is 2.53. The molecule has 0 radical (unpaired) electrons. The molecule has 0 aliphatic rings. The van der Waals surface area contributed by atoms with Crippen molar-refractivity contribution in [2.24, 2.45) is 0 Å². The second kappa shape index (κ2) is 6.90. The van der Waals surface area contributed by atoms with E-state index in [-0.39, 0.29) is 12.9 Å². The molecule has 0 unspecified atom stereocenters. The van der Waals surface area contributed by atoms with E-state index in [1.807, 2.05) is 18.2 Å². The van der Waals surface area contributed by atoms with Gasteiger partial charge in [-0.05, 0) is 5.56 Å². The molecule has 0 aliphatic heterocycles. The fourth-order valence-corrected chi connectivity index (χ4v) is 1.26. The van der Waals surface area contributed by atoms with Gasteiger partial charge in [0.15, 0.2) is 12.6 Å². The lowest BCUT2D eigenvalue weighted by atomic mass is 10.1. The Morgan fingerprint density at radius 3 is 2.29 bits per heavy atom. The highest BCUT2D eigenvalue weighted by Crippen LogP contribution is 2.07. The fraction of sp³-hybridized carbons (Fsp3) is 0.333. The third-order valence-corrected chi connectivity index (χ3v) is 2.25. The molecule has 0 spiro atoms. The van der Waals surface area contributed by atoms with Crippen LogP contribution in [0.5, 0.6) is 0 Å². The maximum Gasteiger partial charge on any atom is 0.151 e. The van der Waals surface area contributed by atoms with Crippen LogP contribution < -0.4 is 0 Å². The number of carbonyl (C=O) groups excluding carboxylic acids is 2. The minimum atomic E-state index is -1.62. The first-order valence-corrected chi connectivity index (χ1v) is 5.11. The fourth-order valence-electron chi connectivity index (χ4n) is 1.26. The van der Waals surface area contributed by atoms with Gasteiger partial charge in [-0.25, -0.2) is 0 Å². The van der Waals surface area contributed by atoms with Gasteiger partial charge in [0.2, 0.25) is 0 Å². The molecule has 0 fully saturated rings. The number of hydrogen-bond acceptors (Lipinski definition) is 5. The summed E-state index contributed by atoms with van der Waals surface area (Å²) < 4.78 is 5.13. The Bertz CT molecular complexity index is 351. The SMILES string of the molecule is O=C[C@H](O)[C@@H](O)[C@@H](C=O)OCc1ccccc1. The summed E-state index contributed by atoms with van der Waals surface area (Å²) in [6, 6.07) is 9.05. The number of rotatable bonds is 7. The van der Waals surface area contributed by atoms with Crippen LogP contribution in [0.2, 0.25) is 0 Å². The van der Waals surface area contributed by atoms with Crippen LogP contribution in [0.1, 0.15) is 5.56 Å². The topological polar surface area (TPSA) is 83.8 Å². The minimum absolute atomic E-state index is 0.118. The number of aliphatic hydroxyl groups excluding tert-OH is 2. The van der Waals surface area contributed by atoms with Crippen molar-refractivity contribution < 1.29 is 24.5 Å². The smallest absolute Gasteiger partial charge is 0.151 e. The van der Waals surface area contributed by atoms with Crippen LogP contribution in [0.15, 0.2) is 30.3 Å². The van der Waals surface area contributed by atoms with Gasteiger partial charge in [-0.3, -0.25) is 0 Å². The van der Waals surface area contributed by atoms with Crippen LogP contribution in [0.25, 0.3) is 0 Å². The van der Waals surface area contributed by atoms with Crippen molar-refractivity contribution in [3.8, 4) is 0 Å². The zero-order chi connectivity index (χ0) is 12.7. The average molecular weight is 238 g/mol. The largest absolute Gasteiger partial charge is 0.387 e. The van der Waals surface area contributed by atoms with E-state index in [1.54, 1.807) is 12.1 Å². The first kappa shape index (κ1) is 13.5. The van der Waals surface area contributed by atoms with Crippen LogP contribution in [-0.4, -0.2) is 41.1 Å². The molecule has 0 aromatic heterocycles. The van der Waals surface area contributed by atoms with Gasteiger partial charge < -0.3 is 24.5 Å². The first-order chi connectivity index (χ1) is 8.19. The van der Waals surface area contributed by atoms with Gasteiger partial charge in [0.25, 0.3) is 0 Å². The molecular formula is C12H14O5. The third-order valence-electron chi connectivity index (χ3n) is 2.25. The van der Waals surface area contributed by atoms with Gasteiger partial charge in [0.1, 0.15) is 18.3 Å². The zero-order valence-corrected chi connectivity index (χ0v) is 9.10. The molecule has 3 atom stereocenters. The molecule has 0 saturated heterocycles. The van der Waals surface area contributed by atoms with E-state index in [1.165, 1.54) is 0 Å². The Hall–Kier alpha value is -1.56. The second-order valence-corrected chi connectivity index (χ2v) is 3.51. The molecule has 5 heteroatoms. The molecular weight excluding hydrogens is 224 g/mol. The molecule has 0 heterocycles. The molecule has 2 N–H and O–H groups in total. The van der Waals surface area contributed by atoms with E-state index >= 15 is 0 Å². The third kappa shape index (κ3) is 4.07. The van der Waals surface area contributed by atoms with Gasteiger partial charge in [-0.1, -0.05) is 30.3 Å². The van der Waals surface area contributed by atoms with Gasteiger partial charge in [0.05, 0.1) is 6.61 Å². The van der Waals surface area contributed by atoms with Gasteiger partial charge in [-0.2, -0.15) is 0 Å². The summed E-state index contributed by atoms with van der Waals surface area (Å²) in [7, 11) is 0. The molecule has 92 valence electrons. The molecule has 1 rings (SSSR count). The van der Waals surface area contributed by atoms with E-state index in [0.29, 0.717) is 6.29 Å². The molecule has 0 bridgehead atoms. The van der Waals surface area contributed by atoms with Crippen molar-refractivity contribution in [1.82, 2.24) is 0 Å². The lowest BCUT2D eigenvalue weighted by molar-refractivity contribution is -0.140.